The lowest BCUT2D eigenvalue weighted by molar-refractivity contribution is -0.161. The van der Waals surface area contributed by atoms with Crippen molar-refractivity contribution in [2.24, 2.45) is 23.7 Å². The molecule has 19 heteroatoms. The molecule has 0 radical (unpaired) electrons. The molecule has 88 heavy (non-hydrogen) atoms. The molecule has 0 aromatic rings. The van der Waals surface area contributed by atoms with Crippen molar-refractivity contribution < 1.29 is 80.2 Å². The van der Waals surface area contributed by atoms with Gasteiger partial charge < -0.3 is 33.8 Å². The van der Waals surface area contributed by atoms with Crippen LogP contribution < -0.4 is 0 Å². The van der Waals surface area contributed by atoms with Crippen molar-refractivity contribution in [3.8, 4) is 0 Å². The van der Waals surface area contributed by atoms with Gasteiger partial charge in [0.25, 0.3) is 0 Å². The molecule has 0 aromatic carbocycles. The number of phosphoric acid groups is 2. The van der Waals surface area contributed by atoms with Crippen molar-refractivity contribution in [1.82, 2.24) is 0 Å². The normalized spacial score (nSPS) is 14.6. The summed E-state index contributed by atoms with van der Waals surface area (Å²) in [7, 11) is -9.90. The second kappa shape index (κ2) is 58.8. The molecule has 0 heterocycles. The Hall–Kier alpha value is -1.94. The van der Waals surface area contributed by atoms with Gasteiger partial charge in [0.1, 0.15) is 19.3 Å². The molecule has 0 spiro atoms. The van der Waals surface area contributed by atoms with Gasteiger partial charge in [0, 0.05) is 25.7 Å². The molecular weight excluding hydrogens is 1160 g/mol. The third kappa shape index (κ3) is 61.6. The molecule has 0 fully saturated rings. The molecule has 0 saturated heterocycles. The standard InChI is InChI=1S/C69H134O17P2/c1-9-62(8)48-40-32-27-28-36-44-52-69(74)86-65(56-80-67(72)50-42-34-26-20-23-31-39-47-61(6)7)58-84-88(77,78)82-54-63(70)53-81-87(75,76)83-57-64(55-79-66(71)49-41-33-25-19-22-30-38-46-60(4)5)85-68(73)51-43-35-24-18-16-14-12-10-11-13-15-17-21-29-37-45-59(2)3/h59-65,70H,9-58H2,1-8H3,(H,75,76)(H,77,78)/t62?,63?,64-,65-/m1/s1. The van der Waals surface area contributed by atoms with Crippen LogP contribution in [0.15, 0.2) is 0 Å². The van der Waals surface area contributed by atoms with Gasteiger partial charge in [-0.2, -0.15) is 0 Å². The molecule has 3 N–H and O–H groups in total. The van der Waals surface area contributed by atoms with Gasteiger partial charge in [-0.15, -0.1) is 0 Å². The van der Waals surface area contributed by atoms with Crippen LogP contribution in [0, 0.1) is 23.7 Å². The first-order valence-electron chi connectivity index (χ1n) is 35.7. The van der Waals surface area contributed by atoms with Crippen molar-refractivity contribution in [3.63, 3.8) is 0 Å². The number of aliphatic hydroxyl groups excluding tert-OH is 1. The highest BCUT2D eigenvalue weighted by atomic mass is 31.2. The lowest BCUT2D eigenvalue weighted by atomic mass is 10.00. The van der Waals surface area contributed by atoms with Crippen LogP contribution >= 0.6 is 15.6 Å². The molecule has 0 aromatic heterocycles. The Bertz CT molecular complexity index is 1750. The van der Waals surface area contributed by atoms with E-state index in [4.69, 9.17) is 37.0 Å². The lowest BCUT2D eigenvalue weighted by Gasteiger charge is -2.21. The molecule has 4 unspecified atom stereocenters. The van der Waals surface area contributed by atoms with Gasteiger partial charge in [-0.05, 0) is 49.4 Å². The minimum Gasteiger partial charge on any atom is -0.462 e. The Kier molecular flexibility index (Phi) is 57.6. The summed E-state index contributed by atoms with van der Waals surface area (Å²) in [6.45, 7) is 14.0. The van der Waals surface area contributed by atoms with E-state index in [9.17, 15) is 43.2 Å². The largest absolute Gasteiger partial charge is 0.472 e. The second-order valence-corrected chi connectivity index (χ2v) is 29.5. The second-order valence-electron chi connectivity index (χ2n) is 26.6. The maximum Gasteiger partial charge on any atom is 0.472 e. The van der Waals surface area contributed by atoms with E-state index >= 15 is 0 Å². The highest BCUT2D eigenvalue weighted by Crippen LogP contribution is 2.45. The molecule has 0 aliphatic rings. The number of phosphoric ester groups is 2. The third-order valence-electron chi connectivity index (χ3n) is 16.2. The maximum atomic E-state index is 13.0. The van der Waals surface area contributed by atoms with E-state index in [0.717, 1.165) is 115 Å². The molecule has 0 aliphatic carbocycles. The summed E-state index contributed by atoms with van der Waals surface area (Å²) in [6.07, 6.45) is 40.6. The van der Waals surface area contributed by atoms with Crippen LogP contribution in [-0.2, 0) is 65.4 Å². The first-order valence-corrected chi connectivity index (χ1v) is 38.7. The van der Waals surface area contributed by atoms with Gasteiger partial charge in [0.05, 0.1) is 26.4 Å². The zero-order valence-corrected chi connectivity index (χ0v) is 59.1. The molecule has 6 atom stereocenters. The quantitative estimate of drug-likeness (QED) is 0.0222. The number of aliphatic hydroxyl groups is 1. The molecule has 522 valence electrons. The summed E-state index contributed by atoms with van der Waals surface area (Å²) < 4.78 is 68.2. The van der Waals surface area contributed by atoms with Crippen LogP contribution in [0.4, 0.5) is 0 Å². The van der Waals surface area contributed by atoms with Gasteiger partial charge in [-0.3, -0.25) is 37.3 Å². The Labute approximate surface area is 537 Å². The van der Waals surface area contributed by atoms with Crippen LogP contribution in [0.2, 0.25) is 0 Å². The predicted octanol–water partition coefficient (Wildman–Crippen LogP) is 19.3. The van der Waals surface area contributed by atoms with E-state index in [1.807, 2.05) is 0 Å². The Morgan fingerprint density at radius 2 is 0.545 bits per heavy atom. The van der Waals surface area contributed by atoms with Gasteiger partial charge in [-0.25, -0.2) is 9.13 Å². The molecule has 0 rings (SSSR count). The number of carbonyl (C=O) groups excluding carboxylic acids is 4. The zero-order valence-electron chi connectivity index (χ0n) is 57.3. The summed E-state index contributed by atoms with van der Waals surface area (Å²) in [5.74, 6) is 0.797. The molecule has 0 amide bonds. The van der Waals surface area contributed by atoms with Gasteiger partial charge in [-0.1, -0.05) is 287 Å². The first-order chi connectivity index (χ1) is 42.1. The minimum atomic E-state index is -4.95. The van der Waals surface area contributed by atoms with E-state index in [-0.39, 0.29) is 25.7 Å². The van der Waals surface area contributed by atoms with E-state index in [2.05, 4.69) is 55.4 Å². The van der Waals surface area contributed by atoms with Gasteiger partial charge >= 0.3 is 39.5 Å². The van der Waals surface area contributed by atoms with Crippen molar-refractivity contribution in [1.29, 1.82) is 0 Å². The average molecular weight is 1300 g/mol. The molecule has 0 saturated carbocycles. The number of carbonyl (C=O) groups is 4. The molecule has 0 aliphatic heterocycles. The molecule has 0 bridgehead atoms. The summed E-state index contributed by atoms with van der Waals surface area (Å²) in [5.41, 5.74) is 0. The Morgan fingerprint density at radius 3 is 0.807 bits per heavy atom. The third-order valence-corrected chi connectivity index (χ3v) is 18.1. The molecule has 17 nitrogen and oxygen atoms in total. The van der Waals surface area contributed by atoms with Crippen LogP contribution in [0.25, 0.3) is 0 Å². The average Bonchev–Trinajstić information content (AvgIpc) is 3.57. The van der Waals surface area contributed by atoms with E-state index < -0.39 is 97.5 Å². The summed E-state index contributed by atoms with van der Waals surface area (Å²) in [6, 6.07) is 0. The number of unbranched alkanes of at least 4 members (excludes halogenated alkanes) is 31. The van der Waals surface area contributed by atoms with Crippen LogP contribution in [0.5, 0.6) is 0 Å². The fourth-order valence-electron chi connectivity index (χ4n) is 10.3. The van der Waals surface area contributed by atoms with Crippen molar-refractivity contribution in [3.05, 3.63) is 0 Å². The summed E-state index contributed by atoms with van der Waals surface area (Å²) in [4.78, 5) is 72.4. The topological polar surface area (TPSA) is 237 Å². The SMILES string of the molecule is CCC(C)CCCCCCCCC(=O)O[C@H](COC(=O)CCCCCCCCCC(C)C)COP(=O)(O)OCC(O)COP(=O)(O)OC[C@@H](COC(=O)CCCCCCCCCC(C)C)OC(=O)CCCCCCCCCCCCCCCCCC(C)C. The fraction of sp³-hybridized carbons (Fsp3) is 0.942. The monoisotopic (exact) mass is 1300 g/mol. The Balaban J connectivity index is 5.21. The lowest BCUT2D eigenvalue weighted by Crippen LogP contribution is -2.30. The van der Waals surface area contributed by atoms with Crippen LogP contribution in [0.1, 0.15) is 338 Å². The van der Waals surface area contributed by atoms with E-state index in [1.165, 1.54) is 128 Å². The maximum absolute atomic E-state index is 13.0. The van der Waals surface area contributed by atoms with Gasteiger partial charge in [0.2, 0.25) is 0 Å². The van der Waals surface area contributed by atoms with Crippen molar-refractivity contribution in [2.45, 2.75) is 356 Å². The highest BCUT2D eigenvalue weighted by Gasteiger charge is 2.30. The number of ether oxygens (including phenoxy) is 4. The summed E-state index contributed by atoms with van der Waals surface area (Å²) in [5, 5.41) is 10.6. The predicted molar refractivity (Wildman–Crippen MR) is 354 cm³/mol. The smallest absolute Gasteiger partial charge is 0.462 e. The van der Waals surface area contributed by atoms with Crippen molar-refractivity contribution in [2.75, 3.05) is 39.6 Å². The minimum absolute atomic E-state index is 0.102. The summed E-state index contributed by atoms with van der Waals surface area (Å²) >= 11 is 0. The van der Waals surface area contributed by atoms with E-state index in [1.54, 1.807) is 0 Å². The first kappa shape index (κ1) is 86.1. The zero-order chi connectivity index (χ0) is 65.4. The van der Waals surface area contributed by atoms with Crippen LogP contribution in [0.3, 0.4) is 0 Å². The number of esters is 4. The van der Waals surface area contributed by atoms with Crippen LogP contribution in [-0.4, -0.2) is 96.7 Å². The van der Waals surface area contributed by atoms with Gasteiger partial charge in [0.15, 0.2) is 12.2 Å². The number of hydrogen-bond donors (Lipinski definition) is 3. The Morgan fingerprint density at radius 1 is 0.318 bits per heavy atom. The molecular formula is C69H134O17P2. The highest BCUT2D eigenvalue weighted by molar-refractivity contribution is 7.47. The van der Waals surface area contributed by atoms with Crippen molar-refractivity contribution >= 4 is 39.5 Å². The fourth-order valence-corrected chi connectivity index (χ4v) is 11.9. The number of hydrogen-bond acceptors (Lipinski definition) is 15. The number of rotatable bonds is 66. The van der Waals surface area contributed by atoms with E-state index in [0.29, 0.717) is 37.5 Å².